The van der Waals surface area contributed by atoms with Crippen molar-refractivity contribution in [1.82, 2.24) is 29.5 Å². The number of likely N-dealkylation sites (N-methyl/N-ethyl adjacent to an activating group) is 1. The maximum absolute atomic E-state index is 15.5. The molecule has 2 fully saturated rings. The van der Waals surface area contributed by atoms with Crippen LogP contribution in [0, 0.1) is 11.6 Å². The smallest absolute Gasteiger partial charge is 0.434 e. The average Bonchev–Trinajstić information content (AvgIpc) is 3.75. The van der Waals surface area contributed by atoms with Gasteiger partial charge < -0.3 is 23.8 Å². The van der Waals surface area contributed by atoms with Crippen LogP contribution in [0.5, 0.6) is 5.88 Å². The fourth-order valence-electron chi connectivity index (χ4n) is 5.82. The molecule has 0 atom stereocenters. The highest BCUT2D eigenvalue weighted by molar-refractivity contribution is 6.08. The second-order valence-corrected chi connectivity index (χ2v) is 11.3. The number of fused-ring (bicyclic) bond motifs is 1. The van der Waals surface area contributed by atoms with Gasteiger partial charge in [-0.3, -0.25) is 4.79 Å². The summed E-state index contributed by atoms with van der Waals surface area (Å²) < 4.78 is 82.6. The molecule has 45 heavy (non-hydrogen) atoms. The van der Waals surface area contributed by atoms with Gasteiger partial charge in [0.15, 0.2) is 22.9 Å². The van der Waals surface area contributed by atoms with Crippen molar-refractivity contribution in [2.45, 2.75) is 37.0 Å². The van der Waals surface area contributed by atoms with E-state index in [4.69, 9.17) is 14.5 Å². The molecule has 1 amide bonds. The third kappa shape index (κ3) is 4.57. The van der Waals surface area contributed by atoms with Gasteiger partial charge in [-0.25, -0.2) is 33.7 Å². The van der Waals surface area contributed by atoms with Gasteiger partial charge in [-0.05, 0) is 30.5 Å². The lowest BCUT2D eigenvalue weighted by molar-refractivity contribution is -0.142. The van der Waals surface area contributed by atoms with Gasteiger partial charge >= 0.3 is 6.18 Å². The number of alkyl halides is 3. The Balaban J connectivity index is 1.32. The van der Waals surface area contributed by atoms with Crippen LogP contribution in [-0.4, -0.2) is 68.3 Å². The van der Waals surface area contributed by atoms with E-state index in [2.05, 4.69) is 19.9 Å². The Morgan fingerprint density at radius 1 is 1.04 bits per heavy atom. The highest BCUT2D eigenvalue weighted by Gasteiger charge is 2.57. The Bertz CT molecular complexity index is 1830. The van der Waals surface area contributed by atoms with Crippen LogP contribution in [-0.2, 0) is 29.3 Å². The molecule has 11 nitrogen and oxygen atoms in total. The number of anilines is 2. The molecule has 1 aliphatic carbocycles. The Morgan fingerprint density at radius 3 is 2.33 bits per heavy atom. The van der Waals surface area contributed by atoms with E-state index < -0.39 is 40.4 Å². The number of nitrogens with zero attached hydrogens (tertiary/aromatic N) is 8. The summed E-state index contributed by atoms with van der Waals surface area (Å²) >= 11 is 0. The van der Waals surface area contributed by atoms with Gasteiger partial charge in [0.2, 0.25) is 5.88 Å². The SMILES string of the molecule is COc1ncnc(C2CC2)c1-c1ncc2c(n1)N(Cc1cc(F)c(-c3nc(C(F)(F)F)cn3C)c(F)c1)C1(COC1)C(=O)N2C. The first-order chi connectivity index (χ1) is 21.4. The number of halogens is 5. The predicted octanol–water partition coefficient (Wildman–Crippen LogP) is 4.27. The van der Waals surface area contributed by atoms with E-state index in [1.807, 2.05) is 0 Å². The van der Waals surface area contributed by atoms with Crippen molar-refractivity contribution in [3.05, 3.63) is 59.4 Å². The van der Waals surface area contributed by atoms with Gasteiger partial charge in [-0.1, -0.05) is 0 Å². The first kappa shape index (κ1) is 29.0. The predicted molar refractivity (Wildman–Crippen MR) is 148 cm³/mol. The quantitative estimate of drug-likeness (QED) is 0.289. The number of methoxy groups -OCH3 is 1. The zero-order valence-electron chi connectivity index (χ0n) is 24.2. The highest BCUT2D eigenvalue weighted by Crippen LogP contribution is 2.47. The summed E-state index contributed by atoms with van der Waals surface area (Å²) in [5.74, 6) is -2.04. The molecule has 1 saturated carbocycles. The second-order valence-electron chi connectivity index (χ2n) is 11.3. The molecule has 0 unspecified atom stereocenters. The maximum Gasteiger partial charge on any atom is 0.434 e. The highest BCUT2D eigenvalue weighted by atomic mass is 19.4. The Hall–Kier alpha value is -4.73. The fraction of sp³-hybridized carbons (Fsp3) is 0.379. The van der Waals surface area contributed by atoms with E-state index in [0.717, 1.165) is 35.2 Å². The third-order valence-electron chi connectivity index (χ3n) is 8.32. The van der Waals surface area contributed by atoms with Gasteiger partial charge in [-0.2, -0.15) is 13.2 Å². The first-order valence-electron chi connectivity index (χ1n) is 13.9. The molecule has 0 bridgehead atoms. The van der Waals surface area contributed by atoms with Gasteiger partial charge in [0.05, 0.1) is 37.8 Å². The number of imidazole rings is 1. The van der Waals surface area contributed by atoms with Crippen molar-refractivity contribution in [2.75, 3.05) is 37.2 Å². The number of aryl methyl sites for hydroxylation is 1. The Morgan fingerprint density at radius 2 is 1.76 bits per heavy atom. The molecule has 0 N–H and O–H groups in total. The maximum atomic E-state index is 15.5. The Labute approximate surface area is 252 Å². The minimum Gasteiger partial charge on any atom is -0.480 e. The van der Waals surface area contributed by atoms with Crippen molar-refractivity contribution in [3.8, 4) is 28.7 Å². The number of aromatic nitrogens is 6. The van der Waals surface area contributed by atoms with Crippen LogP contribution in [0.2, 0.25) is 0 Å². The molecule has 4 aromatic rings. The number of benzene rings is 1. The van der Waals surface area contributed by atoms with Crippen LogP contribution in [0.15, 0.2) is 30.9 Å². The lowest BCUT2D eigenvalue weighted by Gasteiger charge is -2.53. The normalized spacial score (nSPS) is 17.5. The molecular formula is C29H25F5N8O3. The number of hydrogen-bond acceptors (Lipinski definition) is 9. The van der Waals surface area contributed by atoms with Crippen molar-refractivity contribution in [2.24, 2.45) is 7.05 Å². The molecule has 5 heterocycles. The van der Waals surface area contributed by atoms with Gasteiger partial charge in [0.25, 0.3) is 5.91 Å². The standard InChI is InChI=1S/C29H25F5N8O3/c1-40-10-19(29(32,33)34)38-25(40)20-16(30)6-14(7-17(20)31)9-42-24-18(41(2)27(43)28(42)11-45-12-28)8-35-23(39-24)21-22(15-4-5-15)36-13-37-26(21)44-3/h6-8,10,13,15H,4-5,9,11-12H2,1-3H3. The first-order valence-corrected chi connectivity index (χ1v) is 13.9. The van der Waals surface area contributed by atoms with Crippen LogP contribution in [0.3, 0.4) is 0 Å². The minimum absolute atomic E-state index is 0.00339. The summed E-state index contributed by atoms with van der Waals surface area (Å²) in [7, 11) is 4.28. The number of carbonyl (C=O) groups excluding carboxylic acids is 1. The number of ether oxygens (including phenoxy) is 2. The molecule has 7 rings (SSSR count). The van der Waals surface area contributed by atoms with Crippen molar-refractivity contribution in [3.63, 3.8) is 0 Å². The summed E-state index contributed by atoms with van der Waals surface area (Å²) in [4.78, 5) is 38.2. The number of rotatable bonds is 6. The van der Waals surface area contributed by atoms with E-state index in [9.17, 15) is 18.0 Å². The Kier molecular flexibility index (Phi) is 6.54. The van der Waals surface area contributed by atoms with Gasteiger partial charge in [-0.15, -0.1) is 0 Å². The van der Waals surface area contributed by atoms with E-state index in [0.29, 0.717) is 23.3 Å². The topological polar surface area (TPSA) is 111 Å². The third-order valence-corrected chi connectivity index (χ3v) is 8.32. The molecule has 2 aliphatic heterocycles. The molecule has 1 saturated heterocycles. The molecule has 3 aromatic heterocycles. The van der Waals surface area contributed by atoms with Gasteiger partial charge in [0.1, 0.15) is 35.0 Å². The lowest BCUT2D eigenvalue weighted by Crippen LogP contribution is -2.72. The number of carbonyl (C=O) groups is 1. The second kappa shape index (κ2) is 10.2. The van der Waals surface area contributed by atoms with Crippen LogP contribution < -0.4 is 14.5 Å². The molecule has 1 aromatic carbocycles. The zero-order valence-corrected chi connectivity index (χ0v) is 24.2. The molecule has 0 radical (unpaired) electrons. The number of hydrogen-bond donors (Lipinski definition) is 0. The van der Waals surface area contributed by atoms with Crippen molar-refractivity contribution >= 4 is 17.4 Å². The summed E-state index contributed by atoms with van der Waals surface area (Å²) in [5, 5.41) is 0. The van der Waals surface area contributed by atoms with Gasteiger partial charge in [0, 0.05) is 32.8 Å². The van der Waals surface area contributed by atoms with Crippen LogP contribution >= 0.6 is 0 Å². The summed E-state index contributed by atoms with van der Waals surface area (Å²) in [6, 6.07) is 2.02. The molecule has 16 heteroatoms. The van der Waals surface area contributed by atoms with Crippen LogP contribution in [0.1, 0.15) is 35.7 Å². The fourth-order valence-corrected chi connectivity index (χ4v) is 5.82. The number of amides is 1. The van der Waals surface area contributed by atoms with Crippen molar-refractivity contribution in [1.29, 1.82) is 0 Å². The average molecular weight is 629 g/mol. The van der Waals surface area contributed by atoms with Crippen LogP contribution in [0.4, 0.5) is 33.5 Å². The molecule has 1 spiro atoms. The summed E-state index contributed by atoms with van der Waals surface area (Å²) in [6.45, 7) is -0.194. The summed E-state index contributed by atoms with van der Waals surface area (Å²) in [5.41, 5.74) is -1.50. The van der Waals surface area contributed by atoms with E-state index >= 15 is 8.78 Å². The van der Waals surface area contributed by atoms with Crippen molar-refractivity contribution < 1.29 is 36.2 Å². The van der Waals surface area contributed by atoms with E-state index in [1.54, 1.807) is 11.9 Å². The monoisotopic (exact) mass is 628 g/mol. The van der Waals surface area contributed by atoms with Crippen LogP contribution in [0.25, 0.3) is 22.8 Å². The van der Waals surface area contributed by atoms with E-state index in [1.165, 1.54) is 31.6 Å². The minimum atomic E-state index is -4.79. The summed E-state index contributed by atoms with van der Waals surface area (Å²) in [6.07, 6.45) is 0.639. The molecule has 3 aliphatic rings. The zero-order chi connectivity index (χ0) is 31.8. The molecular weight excluding hydrogens is 603 g/mol. The lowest BCUT2D eigenvalue weighted by atomic mass is 9.89. The molecule has 234 valence electrons. The largest absolute Gasteiger partial charge is 0.480 e. The van der Waals surface area contributed by atoms with E-state index in [-0.39, 0.29) is 48.9 Å².